The number of rotatable bonds is 6. The number of nitrogens with one attached hydrogen (secondary N) is 2. The number of para-hydroxylation sites is 1. The van der Waals surface area contributed by atoms with E-state index >= 15 is 0 Å². The fourth-order valence-corrected chi connectivity index (χ4v) is 3.39. The fraction of sp³-hybridized carbons (Fsp3) is 0.200. The van der Waals surface area contributed by atoms with Crippen molar-refractivity contribution in [1.82, 2.24) is 20.3 Å². The molecule has 24 heavy (non-hydrogen) atoms. The molecule has 0 aliphatic carbocycles. The molecule has 0 radical (unpaired) electrons. The predicted octanol–water partition coefficient (Wildman–Crippen LogP) is 3.30. The van der Waals surface area contributed by atoms with E-state index in [2.05, 4.69) is 25.6 Å². The molecule has 1 amide bonds. The van der Waals surface area contributed by atoms with Gasteiger partial charge in [0.25, 0.3) is 5.91 Å². The van der Waals surface area contributed by atoms with Gasteiger partial charge >= 0.3 is 0 Å². The lowest BCUT2D eigenvalue weighted by Crippen LogP contribution is -2.29. The number of thioether (sulfide) groups is 1. The monoisotopic (exact) mass is 379 g/mol. The lowest BCUT2D eigenvalue weighted by molar-refractivity contribution is 0.0949. The van der Waals surface area contributed by atoms with Crippen molar-refractivity contribution in [2.45, 2.75) is 5.16 Å². The first kappa shape index (κ1) is 16.9. The number of amides is 1. The number of halogens is 1. The molecule has 3 rings (SSSR count). The summed E-state index contributed by atoms with van der Waals surface area (Å²) in [5.74, 6) is -0.316. The van der Waals surface area contributed by atoms with Gasteiger partial charge in [0.1, 0.15) is 0 Å². The lowest BCUT2D eigenvalue weighted by Gasteiger charge is -2.07. The molecule has 0 bridgehead atoms. The smallest absolute Gasteiger partial charge is 0.271 e. The molecule has 1 aromatic carbocycles. The standard InChI is InChI=1S/C15H14ClN5OS2/c1-23-14-19-8-9(16)12(21-14)13(22)17-6-7-18-15-20-10-4-2-3-5-11(10)24-15/h2-5,8H,6-7H2,1H3,(H,17,22)(H,18,20). The molecule has 6 nitrogen and oxygen atoms in total. The highest BCUT2D eigenvalue weighted by molar-refractivity contribution is 7.98. The van der Waals surface area contributed by atoms with Crippen molar-refractivity contribution < 1.29 is 4.79 Å². The van der Waals surface area contributed by atoms with Crippen LogP contribution in [0.3, 0.4) is 0 Å². The molecule has 3 aromatic rings. The second-order valence-corrected chi connectivity index (χ2v) is 6.93. The SMILES string of the molecule is CSc1ncc(Cl)c(C(=O)NCCNc2nc3ccccc3s2)n1. The molecule has 9 heteroatoms. The number of carbonyl (C=O) groups is 1. The maximum atomic E-state index is 12.1. The van der Waals surface area contributed by atoms with Crippen LogP contribution in [0.25, 0.3) is 10.2 Å². The zero-order valence-electron chi connectivity index (χ0n) is 12.7. The Balaban J connectivity index is 1.53. The van der Waals surface area contributed by atoms with Crippen molar-refractivity contribution in [2.24, 2.45) is 0 Å². The van der Waals surface area contributed by atoms with E-state index in [1.165, 1.54) is 18.0 Å². The Morgan fingerprint density at radius 1 is 1.29 bits per heavy atom. The zero-order chi connectivity index (χ0) is 16.9. The minimum absolute atomic E-state index is 0.191. The van der Waals surface area contributed by atoms with Gasteiger partial charge in [-0.3, -0.25) is 4.79 Å². The second-order valence-electron chi connectivity index (χ2n) is 4.72. The highest BCUT2D eigenvalue weighted by atomic mass is 35.5. The Labute approximate surface area is 152 Å². The number of fused-ring (bicyclic) bond motifs is 1. The van der Waals surface area contributed by atoms with Gasteiger partial charge < -0.3 is 10.6 Å². The van der Waals surface area contributed by atoms with Gasteiger partial charge in [0.05, 0.1) is 21.4 Å². The molecule has 2 N–H and O–H groups in total. The third-order valence-electron chi connectivity index (χ3n) is 3.10. The van der Waals surface area contributed by atoms with Crippen LogP contribution in [-0.2, 0) is 0 Å². The summed E-state index contributed by atoms with van der Waals surface area (Å²) in [7, 11) is 0. The molecule has 0 atom stereocenters. The Bertz CT molecular complexity index is 837. The third kappa shape index (κ3) is 3.95. The van der Waals surface area contributed by atoms with Gasteiger partial charge in [-0.1, -0.05) is 46.8 Å². The summed E-state index contributed by atoms with van der Waals surface area (Å²) in [6.07, 6.45) is 3.28. The highest BCUT2D eigenvalue weighted by Gasteiger charge is 2.13. The largest absolute Gasteiger partial charge is 0.360 e. The normalized spacial score (nSPS) is 10.8. The van der Waals surface area contributed by atoms with Gasteiger partial charge in [-0.25, -0.2) is 15.0 Å². The second kappa shape index (κ2) is 7.78. The molecular weight excluding hydrogens is 366 g/mol. The minimum atomic E-state index is -0.316. The molecule has 0 aliphatic heterocycles. The number of benzene rings is 1. The van der Waals surface area contributed by atoms with Crippen LogP contribution in [0.4, 0.5) is 5.13 Å². The van der Waals surface area contributed by atoms with Crippen LogP contribution in [-0.4, -0.2) is 40.2 Å². The summed E-state index contributed by atoms with van der Waals surface area (Å²) >= 11 is 8.92. The zero-order valence-corrected chi connectivity index (χ0v) is 15.1. The molecular formula is C15H14ClN5OS2. The van der Waals surface area contributed by atoms with Crippen molar-refractivity contribution in [3.8, 4) is 0 Å². The molecule has 124 valence electrons. The fourth-order valence-electron chi connectivity index (χ4n) is 1.99. The summed E-state index contributed by atoms with van der Waals surface area (Å²) in [5.41, 5.74) is 1.16. The van der Waals surface area contributed by atoms with Crippen molar-refractivity contribution in [2.75, 3.05) is 24.7 Å². The minimum Gasteiger partial charge on any atom is -0.360 e. The van der Waals surface area contributed by atoms with Crippen LogP contribution in [0, 0.1) is 0 Å². The Kier molecular flexibility index (Phi) is 5.49. The third-order valence-corrected chi connectivity index (χ3v) is 4.93. The van der Waals surface area contributed by atoms with E-state index < -0.39 is 0 Å². The Morgan fingerprint density at radius 2 is 2.12 bits per heavy atom. The van der Waals surface area contributed by atoms with Gasteiger partial charge in [-0.15, -0.1) is 0 Å². The summed E-state index contributed by atoms with van der Waals surface area (Å²) in [6.45, 7) is 0.993. The van der Waals surface area contributed by atoms with Crippen LogP contribution in [0.1, 0.15) is 10.5 Å². The van der Waals surface area contributed by atoms with Crippen molar-refractivity contribution >= 4 is 56.0 Å². The van der Waals surface area contributed by atoms with E-state index in [-0.39, 0.29) is 16.6 Å². The molecule has 2 heterocycles. The summed E-state index contributed by atoms with van der Waals surface area (Å²) in [5, 5.41) is 7.57. The summed E-state index contributed by atoms with van der Waals surface area (Å²) < 4.78 is 1.13. The Morgan fingerprint density at radius 3 is 2.92 bits per heavy atom. The van der Waals surface area contributed by atoms with Gasteiger partial charge in [-0.2, -0.15) is 0 Å². The van der Waals surface area contributed by atoms with Crippen LogP contribution in [0.15, 0.2) is 35.6 Å². The number of carbonyl (C=O) groups excluding carboxylic acids is 1. The van der Waals surface area contributed by atoms with E-state index in [1.54, 1.807) is 11.3 Å². The molecule has 2 aromatic heterocycles. The van der Waals surface area contributed by atoms with E-state index in [0.717, 1.165) is 15.3 Å². The number of hydrogen-bond acceptors (Lipinski definition) is 7. The first-order valence-electron chi connectivity index (χ1n) is 7.11. The van der Waals surface area contributed by atoms with Crippen molar-refractivity contribution in [1.29, 1.82) is 0 Å². The van der Waals surface area contributed by atoms with Crippen LogP contribution in [0.5, 0.6) is 0 Å². The molecule has 0 saturated heterocycles. The topological polar surface area (TPSA) is 79.8 Å². The van der Waals surface area contributed by atoms with Gasteiger partial charge in [0.2, 0.25) is 0 Å². The van der Waals surface area contributed by atoms with Crippen LogP contribution >= 0.6 is 34.7 Å². The lowest BCUT2D eigenvalue weighted by atomic mass is 10.3. The number of nitrogens with zero attached hydrogens (tertiary/aromatic N) is 3. The van der Waals surface area contributed by atoms with Gasteiger partial charge in [-0.05, 0) is 18.4 Å². The maximum Gasteiger partial charge on any atom is 0.271 e. The predicted molar refractivity (Wildman–Crippen MR) is 99.3 cm³/mol. The maximum absolute atomic E-state index is 12.1. The van der Waals surface area contributed by atoms with Crippen LogP contribution in [0.2, 0.25) is 5.02 Å². The first-order valence-corrected chi connectivity index (χ1v) is 9.53. The number of aromatic nitrogens is 3. The van der Waals surface area contributed by atoms with Crippen molar-refractivity contribution in [3.63, 3.8) is 0 Å². The number of thiazole rings is 1. The van der Waals surface area contributed by atoms with Crippen molar-refractivity contribution in [3.05, 3.63) is 41.2 Å². The quantitative estimate of drug-likeness (QED) is 0.388. The summed E-state index contributed by atoms with van der Waals surface area (Å²) in [4.78, 5) is 24.8. The molecule has 0 aliphatic rings. The number of anilines is 1. The van der Waals surface area contributed by atoms with Gasteiger partial charge in [0, 0.05) is 13.1 Å². The molecule has 0 fully saturated rings. The average molecular weight is 380 g/mol. The first-order chi connectivity index (χ1) is 11.7. The van der Waals surface area contributed by atoms with Gasteiger partial charge in [0.15, 0.2) is 16.0 Å². The number of hydrogen-bond donors (Lipinski definition) is 2. The van der Waals surface area contributed by atoms with E-state index in [4.69, 9.17) is 11.6 Å². The average Bonchev–Trinajstić information content (AvgIpc) is 3.01. The molecule has 0 unspecified atom stereocenters. The van der Waals surface area contributed by atoms with E-state index in [0.29, 0.717) is 18.2 Å². The summed E-state index contributed by atoms with van der Waals surface area (Å²) in [6, 6.07) is 7.94. The van der Waals surface area contributed by atoms with E-state index in [1.807, 2.05) is 30.5 Å². The molecule has 0 spiro atoms. The van der Waals surface area contributed by atoms with E-state index in [9.17, 15) is 4.79 Å². The highest BCUT2D eigenvalue weighted by Crippen LogP contribution is 2.25. The molecule has 0 saturated carbocycles. The van der Waals surface area contributed by atoms with Crippen LogP contribution < -0.4 is 10.6 Å². The Hall–Kier alpha value is -1.90.